The number of rotatable bonds is 4. The molecule has 0 atom stereocenters. The van der Waals surface area contributed by atoms with Crippen LogP contribution < -0.4 is 0 Å². The smallest absolute Gasteiger partial charge is 0.148 e. The van der Waals surface area contributed by atoms with Gasteiger partial charge in [-0.05, 0) is 59.7 Å². The van der Waals surface area contributed by atoms with Crippen molar-refractivity contribution in [2.45, 2.75) is 0 Å². The molecule has 222 valence electrons. The van der Waals surface area contributed by atoms with E-state index in [1.807, 2.05) is 66.7 Å². The number of fused-ring (bicyclic) bond motifs is 7. The van der Waals surface area contributed by atoms with E-state index in [0.717, 1.165) is 71.7 Å². The van der Waals surface area contributed by atoms with Crippen molar-refractivity contribution in [2.24, 2.45) is 0 Å². The van der Waals surface area contributed by atoms with Gasteiger partial charge in [0.05, 0.1) is 33.3 Å². The molecule has 9 aromatic rings. The number of aromatic nitrogens is 3. The Bertz CT molecular complexity index is 2790. The van der Waals surface area contributed by atoms with Gasteiger partial charge in [0.15, 0.2) is 0 Å². The zero-order valence-electron chi connectivity index (χ0n) is 25.7. The van der Waals surface area contributed by atoms with Crippen LogP contribution in [0.25, 0.3) is 77.2 Å². The second-order valence-corrected chi connectivity index (χ2v) is 11.8. The molecule has 0 fully saturated rings. The average Bonchev–Trinajstić information content (AvgIpc) is 3.68. The van der Waals surface area contributed by atoms with E-state index in [1.165, 1.54) is 0 Å². The van der Waals surface area contributed by atoms with Gasteiger partial charge in [-0.2, -0.15) is 10.5 Å². The fourth-order valence-corrected chi connectivity index (χ4v) is 7.16. The lowest BCUT2D eigenvalue weighted by Gasteiger charge is -2.14. The predicted octanol–water partition coefficient (Wildman–Crippen LogP) is 10.4. The van der Waals surface area contributed by atoms with Crippen molar-refractivity contribution >= 4 is 43.6 Å². The number of nitrogens with zero attached hydrogens (tertiary/aromatic N) is 5. The summed E-state index contributed by atoms with van der Waals surface area (Å²) >= 11 is 0. The second-order valence-electron chi connectivity index (χ2n) is 11.8. The van der Waals surface area contributed by atoms with E-state index in [1.54, 1.807) is 6.20 Å². The molecule has 0 aliphatic rings. The quantitative estimate of drug-likeness (QED) is 0.199. The molecule has 3 heterocycles. The van der Waals surface area contributed by atoms with E-state index in [-0.39, 0.29) is 0 Å². The Kier molecular flexibility index (Phi) is 6.18. The summed E-state index contributed by atoms with van der Waals surface area (Å²) in [6.45, 7) is 0. The normalized spacial score (nSPS) is 11.3. The molecule has 0 aliphatic heterocycles. The lowest BCUT2D eigenvalue weighted by molar-refractivity contribution is 1.17. The van der Waals surface area contributed by atoms with Crippen molar-refractivity contribution < 1.29 is 0 Å². The van der Waals surface area contributed by atoms with Crippen molar-refractivity contribution in [3.05, 3.63) is 163 Å². The van der Waals surface area contributed by atoms with Gasteiger partial charge in [0.2, 0.25) is 0 Å². The predicted molar refractivity (Wildman–Crippen MR) is 193 cm³/mol. The molecule has 3 aromatic heterocycles. The standard InChI is InChI=1S/C43H25N5/c44-25-30-23-29(36-24-31(27-46-37(36)26-45)28-11-3-1-4-12-28)19-21-38(30)48-39-17-9-7-15-33(39)34-20-22-41-42(43(34)48)35-16-8-10-18-40(35)47(41)32-13-5-2-6-14-32/h1-24,27H. The summed E-state index contributed by atoms with van der Waals surface area (Å²) in [5, 5.41) is 25.2. The zero-order valence-corrected chi connectivity index (χ0v) is 25.7. The first-order chi connectivity index (χ1) is 23.7. The third-order valence-electron chi connectivity index (χ3n) is 9.25. The maximum absolute atomic E-state index is 10.7. The highest BCUT2D eigenvalue weighted by Gasteiger charge is 2.22. The summed E-state index contributed by atoms with van der Waals surface area (Å²) in [5.41, 5.74) is 10.4. The van der Waals surface area contributed by atoms with E-state index in [4.69, 9.17) is 0 Å². The second kappa shape index (κ2) is 10.8. The summed E-state index contributed by atoms with van der Waals surface area (Å²) < 4.78 is 4.55. The van der Waals surface area contributed by atoms with Crippen LogP contribution in [0.2, 0.25) is 0 Å². The lowest BCUT2D eigenvalue weighted by atomic mass is 9.97. The molecule has 48 heavy (non-hydrogen) atoms. The van der Waals surface area contributed by atoms with Crippen molar-refractivity contribution in [3.8, 4) is 45.8 Å². The third kappa shape index (κ3) is 4.06. The summed E-state index contributed by atoms with van der Waals surface area (Å²) in [7, 11) is 0. The third-order valence-corrected chi connectivity index (χ3v) is 9.25. The van der Waals surface area contributed by atoms with Crippen molar-refractivity contribution in [2.75, 3.05) is 0 Å². The Morgan fingerprint density at radius 3 is 1.94 bits per heavy atom. The molecule has 0 bridgehead atoms. The zero-order chi connectivity index (χ0) is 32.2. The van der Waals surface area contributed by atoms with E-state index < -0.39 is 0 Å². The number of hydrogen-bond acceptors (Lipinski definition) is 3. The Hall–Kier alpha value is -6.95. The monoisotopic (exact) mass is 611 g/mol. The Balaban J connectivity index is 1.34. The highest BCUT2D eigenvalue weighted by molar-refractivity contribution is 6.26. The van der Waals surface area contributed by atoms with Crippen LogP contribution in [0.15, 0.2) is 152 Å². The molecule has 0 saturated heterocycles. The molecule has 9 rings (SSSR count). The summed E-state index contributed by atoms with van der Waals surface area (Å²) in [6.07, 6.45) is 1.73. The molecule has 5 heteroatoms. The van der Waals surface area contributed by atoms with Crippen LogP contribution in [-0.4, -0.2) is 14.1 Å². The first kappa shape index (κ1) is 27.4. The summed E-state index contributed by atoms with van der Waals surface area (Å²) in [4.78, 5) is 4.50. The molecule has 0 amide bonds. The number of para-hydroxylation sites is 3. The Labute approximate surface area is 276 Å². The van der Waals surface area contributed by atoms with Crippen LogP contribution in [0.5, 0.6) is 0 Å². The average molecular weight is 612 g/mol. The highest BCUT2D eigenvalue weighted by Crippen LogP contribution is 2.42. The van der Waals surface area contributed by atoms with Gasteiger partial charge in [0, 0.05) is 44.6 Å². The minimum absolute atomic E-state index is 0.318. The maximum Gasteiger partial charge on any atom is 0.148 e. The molecule has 0 unspecified atom stereocenters. The number of pyridine rings is 1. The molecule has 0 aliphatic carbocycles. The van der Waals surface area contributed by atoms with Crippen LogP contribution in [-0.2, 0) is 0 Å². The number of hydrogen-bond donors (Lipinski definition) is 0. The topological polar surface area (TPSA) is 70.3 Å². The van der Waals surface area contributed by atoms with Crippen LogP contribution in [0.3, 0.4) is 0 Å². The lowest BCUT2D eigenvalue weighted by Crippen LogP contribution is -1.99. The van der Waals surface area contributed by atoms with Crippen LogP contribution in [0.1, 0.15) is 11.3 Å². The van der Waals surface area contributed by atoms with E-state index >= 15 is 0 Å². The fraction of sp³-hybridized carbons (Fsp3) is 0. The maximum atomic E-state index is 10.7. The summed E-state index contributed by atoms with van der Waals surface area (Å²) in [6, 6.07) is 54.3. The number of benzene rings is 6. The fourth-order valence-electron chi connectivity index (χ4n) is 7.16. The molecular weight excluding hydrogens is 587 g/mol. The van der Waals surface area contributed by atoms with Gasteiger partial charge in [-0.15, -0.1) is 0 Å². The minimum atomic E-state index is 0.318. The van der Waals surface area contributed by atoms with Gasteiger partial charge < -0.3 is 9.13 Å². The Morgan fingerprint density at radius 1 is 0.500 bits per heavy atom. The first-order valence-corrected chi connectivity index (χ1v) is 15.8. The largest absolute Gasteiger partial charge is 0.309 e. The van der Waals surface area contributed by atoms with Gasteiger partial charge >= 0.3 is 0 Å². The van der Waals surface area contributed by atoms with Crippen LogP contribution >= 0.6 is 0 Å². The first-order valence-electron chi connectivity index (χ1n) is 15.8. The molecule has 6 aromatic carbocycles. The molecule has 0 N–H and O–H groups in total. The van der Waals surface area contributed by atoms with Crippen molar-refractivity contribution in [1.29, 1.82) is 10.5 Å². The van der Waals surface area contributed by atoms with Crippen LogP contribution in [0.4, 0.5) is 0 Å². The van der Waals surface area contributed by atoms with Crippen molar-refractivity contribution in [3.63, 3.8) is 0 Å². The van der Waals surface area contributed by atoms with Crippen LogP contribution in [0, 0.1) is 22.7 Å². The van der Waals surface area contributed by atoms with Gasteiger partial charge in [0.1, 0.15) is 17.8 Å². The SMILES string of the molecule is N#Cc1cc(-c2cc(-c3ccccc3)cnc2C#N)ccc1-n1c2ccccc2c2ccc3c(c4ccccc4n3-c3ccccc3)c21. The molecule has 0 spiro atoms. The minimum Gasteiger partial charge on any atom is -0.309 e. The van der Waals surface area contributed by atoms with Gasteiger partial charge in [-0.3, -0.25) is 0 Å². The van der Waals surface area contributed by atoms with Gasteiger partial charge in [-0.25, -0.2) is 4.98 Å². The molecule has 5 nitrogen and oxygen atoms in total. The van der Waals surface area contributed by atoms with E-state index in [9.17, 15) is 10.5 Å². The van der Waals surface area contributed by atoms with Gasteiger partial charge in [-0.1, -0.05) is 97.1 Å². The highest BCUT2D eigenvalue weighted by atomic mass is 15.0. The molecular formula is C43H25N5. The molecule has 0 saturated carbocycles. The van der Waals surface area contributed by atoms with E-state index in [2.05, 4.69) is 105 Å². The summed E-state index contributed by atoms with van der Waals surface area (Å²) in [5.74, 6) is 0. The Morgan fingerprint density at radius 2 is 1.19 bits per heavy atom. The molecule has 0 radical (unpaired) electrons. The number of nitriles is 2. The van der Waals surface area contributed by atoms with E-state index in [0.29, 0.717) is 16.8 Å². The van der Waals surface area contributed by atoms with Crippen molar-refractivity contribution in [1.82, 2.24) is 14.1 Å². The van der Waals surface area contributed by atoms with Gasteiger partial charge in [0.25, 0.3) is 0 Å².